The van der Waals surface area contributed by atoms with Crippen molar-refractivity contribution in [3.8, 4) is 0 Å². The van der Waals surface area contributed by atoms with Gasteiger partial charge in [-0.1, -0.05) is 13.8 Å². The van der Waals surface area contributed by atoms with E-state index in [0.717, 1.165) is 26.2 Å². The number of ether oxygens (including phenoxy) is 1. The summed E-state index contributed by atoms with van der Waals surface area (Å²) in [7, 11) is 0. The smallest absolute Gasteiger partial charge is 0.410 e. The first-order valence-corrected chi connectivity index (χ1v) is 6.20. The van der Waals surface area contributed by atoms with E-state index in [0.29, 0.717) is 12.5 Å². The summed E-state index contributed by atoms with van der Waals surface area (Å²) in [6.45, 7) is 12.6. The van der Waals surface area contributed by atoms with Crippen LogP contribution in [-0.4, -0.2) is 54.7 Å². The largest absolute Gasteiger partial charge is 0.450 e. The third-order valence-electron chi connectivity index (χ3n) is 2.84. The molecule has 0 aromatic carbocycles. The topological polar surface area (TPSA) is 32.8 Å². The maximum Gasteiger partial charge on any atom is 0.410 e. The summed E-state index contributed by atoms with van der Waals surface area (Å²) in [4.78, 5) is 15.9. The molecular weight excluding hydrogens is 204 g/mol. The monoisotopic (exact) mass is 228 g/mol. The van der Waals surface area contributed by atoms with Crippen LogP contribution >= 0.6 is 0 Å². The molecule has 0 aromatic heterocycles. The Labute approximate surface area is 98.5 Å². The Morgan fingerprint density at radius 1 is 1.44 bits per heavy atom. The van der Waals surface area contributed by atoms with Crippen molar-refractivity contribution in [2.45, 2.75) is 33.7 Å². The predicted molar refractivity (Wildman–Crippen MR) is 64.5 cm³/mol. The van der Waals surface area contributed by atoms with Crippen molar-refractivity contribution in [1.29, 1.82) is 0 Å². The maximum absolute atomic E-state index is 11.6. The number of hydrogen-bond acceptors (Lipinski definition) is 3. The Morgan fingerprint density at radius 3 is 2.62 bits per heavy atom. The van der Waals surface area contributed by atoms with E-state index in [-0.39, 0.29) is 12.1 Å². The van der Waals surface area contributed by atoms with E-state index < -0.39 is 0 Å². The van der Waals surface area contributed by atoms with Gasteiger partial charge in [0, 0.05) is 32.2 Å². The molecule has 1 amide bonds. The molecule has 1 fully saturated rings. The minimum absolute atomic E-state index is 0.167. The summed E-state index contributed by atoms with van der Waals surface area (Å²) >= 11 is 0. The molecule has 0 saturated carbocycles. The molecule has 0 bridgehead atoms. The molecule has 1 aliphatic rings. The average molecular weight is 228 g/mol. The molecule has 4 nitrogen and oxygen atoms in total. The molecule has 94 valence electrons. The molecule has 1 atom stereocenters. The van der Waals surface area contributed by atoms with Gasteiger partial charge in [-0.3, -0.25) is 4.90 Å². The van der Waals surface area contributed by atoms with Crippen LogP contribution in [0.1, 0.15) is 27.7 Å². The highest BCUT2D eigenvalue weighted by atomic mass is 16.6. The van der Waals surface area contributed by atoms with Crippen molar-refractivity contribution in [3.05, 3.63) is 0 Å². The molecule has 0 aliphatic carbocycles. The Balaban J connectivity index is 2.42. The second kappa shape index (κ2) is 6.09. The number of carbonyl (C=O) groups excluding carboxylic acids is 1. The summed E-state index contributed by atoms with van der Waals surface area (Å²) < 4.78 is 5.04. The number of amides is 1. The number of hydrogen-bond donors (Lipinski definition) is 0. The van der Waals surface area contributed by atoms with Gasteiger partial charge in [0.2, 0.25) is 0 Å². The number of nitrogens with zero attached hydrogens (tertiary/aromatic N) is 2. The molecule has 0 spiro atoms. The van der Waals surface area contributed by atoms with E-state index in [9.17, 15) is 4.79 Å². The quantitative estimate of drug-likeness (QED) is 0.738. The van der Waals surface area contributed by atoms with Crippen molar-refractivity contribution in [3.63, 3.8) is 0 Å². The third kappa shape index (κ3) is 3.67. The Morgan fingerprint density at radius 2 is 2.12 bits per heavy atom. The van der Waals surface area contributed by atoms with E-state index in [1.165, 1.54) is 0 Å². The highest BCUT2D eigenvalue weighted by molar-refractivity contribution is 5.68. The Hall–Kier alpha value is -0.770. The van der Waals surface area contributed by atoms with Crippen molar-refractivity contribution in [2.75, 3.05) is 32.8 Å². The molecule has 4 heteroatoms. The molecule has 1 saturated heterocycles. The Bertz CT molecular complexity index is 231. The SMILES string of the molecule is CCOC(=O)N1CCN(CC(C)C)C[C@H]1C. The van der Waals surface area contributed by atoms with E-state index >= 15 is 0 Å². The van der Waals surface area contributed by atoms with Crippen LogP contribution in [-0.2, 0) is 4.74 Å². The first-order chi connectivity index (χ1) is 7.54. The number of carbonyl (C=O) groups is 1. The molecule has 0 N–H and O–H groups in total. The summed E-state index contributed by atoms with van der Waals surface area (Å²) in [5.41, 5.74) is 0. The second-order valence-electron chi connectivity index (χ2n) is 4.89. The molecule has 1 rings (SSSR count). The van der Waals surface area contributed by atoms with Gasteiger partial charge in [0.1, 0.15) is 0 Å². The molecule has 0 radical (unpaired) electrons. The van der Waals surface area contributed by atoms with Gasteiger partial charge < -0.3 is 9.64 Å². The normalized spacial score (nSPS) is 22.6. The fourth-order valence-electron chi connectivity index (χ4n) is 2.19. The minimum Gasteiger partial charge on any atom is -0.450 e. The fraction of sp³-hybridized carbons (Fsp3) is 0.917. The van der Waals surface area contributed by atoms with Crippen molar-refractivity contribution >= 4 is 6.09 Å². The second-order valence-corrected chi connectivity index (χ2v) is 4.89. The van der Waals surface area contributed by atoms with E-state index in [1.54, 1.807) is 0 Å². The lowest BCUT2D eigenvalue weighted by molar-refractivity contribution is 0.0509. The minimum atomic E-state index is -0.167. The predicted octanol–water partition coefficient (Wildman–Crippen LogP) is 1.81. The first-order valence-electron chi connectivity index (χ1n) is 6.20. The fourth-order valence-corrected chi connectivity index (χ4v) is 2.19. The van der Waals surface area contributed by atoms with Gasteiger partial charge in [0.15, 0.2) is 0 Å². The van der Waals surface area contributed by atoms with Crippen LogP contribution in [0.25, 0.3) is 0 Å². The van der Waals surface area contributed by atoms with Crippen molar-refractivity contribution < 1.29 is 9.53 Å². The zero-order valence-electron chi connectivity index (χ0n) is 10.9. The first kappa shape index (κ1) is 13.3. The highest BCUT2D eigenvalue weighted by Gasteiger charge is 2.28. The lowest BCUT2D eigenvalue weighted by Crippen LogP contribution is -2.54. The van der Waals surface area contributed by atoms with Crippen molar-refractivity contribution in [1.82, 2.24) is 9.80 Å². The molecule has 1 aliphatic heterocycles. The summed E-state index contributed by atoms with van der Waals surface area (Å²) in [5.74, 6) is 0.682. The lowest BCUT2D eigenvalue weighted by Gasteiger charge is -2.39. The van der Waals surface area contributed by atoms with Gasteiger partial charge in [0.25, 0.3) is 0 Å². The van der Waals surface area contributed by atoms with Crippen LogP contribution in [0.15, 0.2) is 0 Å². The van der Waals surface area contributed by atoms with Crippen molar-refractivity contribution in [2.24, 2.45) is 5.92 Å². The third-order valence-corrected chi connectivity index (χ3v) is 2.84. The van der Waals surface area contributed by atoms with Gasteiger partial charge in [-0.25, -0.2) is 4.79 Å². The lowest BCUT2D eigenvalue weighted by atomic mass is 10.1. The number of piperazine rings is 1. The Kier molecular flexibility index (Phi) is 5.06. The van der Waals surface area contributed by atoms with E-state index in [4.69, 9.17) is 4.74 Å². The molecule has 1 heterocycles. The molecule has 0 unspecified atom stereocenters. The van der Waals surface area contributed by atoms with Crippen LogP contribution in [0.5, 0.6) is 0 Å². The summed E-state index contributed by atoms with van der Waals surface area (Å²) in [6, 6.07) is 0.256. The maximum atomic E-state index is 11.6. The van der Waals surface area contributed by atoms with Crippen LogP contribution in [0.3, 0.4) is 0 Å². The highest BCUT2D eigenvalue weighted by Crippen LogP contribution is 2.12. The molecule has 0 aromatic rings. The summed E-state index contributed by atoms with van der Waals surface area (Å²) in [5, 5.41) is 0. The average Bonchev–Trinajstić information content (AvgIpc) is 2.16. The van der Waals surface area contributed by atoms with Gasteiger partial charge in [-0.15, -0.1) is 0 Å². The van der Waals surface area contributed by atoms with Crippen LogP contribution in [0.4, 0.5) is 4.79 Å². The summed E-state index contributed by atoms with van der Waals surface area (Å²) in [6.07, 6.45) is -0.167. The van der Waals surface area contributed by atoms with Gasteiger partial charge in [-0.05, 0) is 19.8 Å². The van der Waals surface area contributed by atoms with E-state index in [1.807, 2.05) is 11.8 Å². The van der Waals surface area contributed by atoms with Crippen LogP contribution < -0.4 is 0 Å². The molecule has 16 heavy (non-hydrogen) atoms. The van der Waals surface area contributed by atoms with Gasteiger partial charge in [-0.2, -0.15) is 0 Å². The van der Waals surface area contributed by atoms with Gasteiger partial charge >= 0.3 is 6.09 Å². The number of rotatable bonds is 3. The zero-order valence-corrected chi connectivity index (χ0v) is 10.9. The van der Waals surface area contributed by atoms with E-state index in [2.05, 4.69) is 25.7 Å². The van der Waals surface area contributed by atoms with Crippen LogP contribution in [0.2, 0.25) is 0 Å². The zero-order chi connectivity index (χ0) is 12.1. The van der Waals surface area contributed by atoms with Gasteiger partial charge in [0.05, 0.1) is 6.61 Å². The van der Waals surface area contributed by atoms with Crippen LogP contribution in [0, 0.1) is 5.92 Å². The molecular formula is C12H24N2O2. The standard InChI is InChI=1S/C12H24N2O2/c1-5-16-12(15)14-7-6-13(8-10(2)3)9-11(14)4/h10-11H,5-9H2,1-4H3/t11-/m1/s1.